The lowest BCUT2D eigenvalue weighted by atomic mass is 9.70. The number of aliphatic hydroxyl groups excluding tert-OH is 1. The zero-order valence-corrected chi connectivity index (χ0v) is 24.6. The Bertz CT molecular complexity index is 1250. The number of amides is 3. The quantitative estimate of drug-likeness (QED) is 0.261. The molecule has 3 amide bonds. The number of unbranched alkanes of at least 4 members (excludes halogenated alkanes) is 1. The van der Waals surface area contributed by atoms with Crippen molar-refractivity contribution >= 4 is 68.4 Å². The minimum atomic E-state index is -0.775. The minimum Gasteiger partial charge on any atom is -0.494 e. The molecule has 2 bridgehead atoms. The molecule has 0 radical (unpaired) electrons. The fraction of sp³-hybridized carbons (Fsp3) is 0.464. The Labute approximate surface area is 245 Å². The Morgan fingerprint density at radius 3 is 2.59 bits per heavy atom. The minimum absolute atomic E-state index is 0.000499. The molecule has 208 valence electrons. The summed E-state index contributed by atoms with van der Waals surface area (Å²) in [4.78, 5) is 43.2. The zero-order valence-electron chi connectivity index (χ0n) is 21.4. The van der Waals surface area contributed by atoms with E-state index in [0.717, 1.165) is 0 Å². The predicted octanol–water partition coefficient (Wildman–Crippen LogP) is 4.55. The van der Waals surface area contributed by atoms with Gasteiger partial charge in [-0.2, -0.15) is 0 Å². The molecule has 0 aliphatic carbocycles. The summed E-state index contributed by atoms with van der Waals surface area (Å²) in [7, 11) is 0. The SMILES string of the molecule is CCOc1ccc(NC(=O)[C@H]2[C@H]3C(=O)N(CCCCO)C(C(=O)Nc4ccccc4Cl)C34CC(Br)[C@@H]2S4)cc1. The van der Waals surface area contributed by atoms with Gasteiger partial charge >= 0.3 is 0 Å². The number of aliphatic hydroxyl groups is 1. The smallest absolute Gasteiger partial charge is 0.248 e. The Morgan fingerprint density at radius 1 is 1.15 bits per heavy atom. The summed E-state index contributed by atoms with van der Waals surface area (Å²) in [5.41, 5.74) is 1.10. The van der Waals surface area contributed by atoms with Crippen LogP contribution in [0.3, 0.4) is 0 Å². The third-order valence-corrected chi connectivity index (χ3v) is 11.3. The lowest BCUT2D eigenvalue weighted by Gasteiger charge is -2.35. The highest BCUT2D eigenvalue weighted by atomic mass is 79.9. The van der Waals surface area contributed by atoms with Crippen LogP contribution in [-0.2, 0) is 14.4 Å². The number of rotatable bonds is 10. The molecule has 2 aromatic rings. The van der Waals surface area contributed by atoms with Crippen LogP contribution in [0.4, 0.5) is 11.4 Å². The third-order valence-electron chi connectivity index (χ3n) is 7.71. The highest BCUT2D eigenvalue weighted by molar-refractivity contribution is 9.09. The van der Waals surface area contributed by atoms with E-state index in [0.29, 0.717) is 54.6 Å². The van der Waals surface area contributed by atoms with Crippen molar-refractivity contribution in [3.8, 4) is 5.75 Å². The molecule has 0 saturated carbocycles. The maximum absolute atomic E-state index is 14.0. The number of thioether (sulfide) groups is 1. The van der Waals surface area contributed by atoms with Crippen LogP contribution >= 0.6 is 39.3 Å². The summed E-state index contributed by atoms with van der Waals surface area (Å²) in [6.07, 6.45) is 1.65. The number of hydrogen-bond acceptors (Lipinski definition) is 6. The maximum atomic E-state index is 14.0. The van der Waals surface area contributed by atoms with Gasteiger partial charge in [-0.25, -0.2) is 0 Å². The molecule has 11 heteroatoms. The number of alkyl halides is 1. The third kappa shape index (κ3) is 5.16. The standard InChI is InChI=1S/C28H31BrClN3O5S/c1-2-38-17-11-9-16(10-12-17)31-25(35)21-22-27(37)33(13-5-6-14-34)24(28(22)15-18(29)23(21)39-28)26(36)32-20-8-4-3-7-19(20)30/h3-4,7-12,18,21-24,34H,2,5-6,13-15H2,1H3,(H,31,35)(H,32,36)/t18?,21-,22-,23-,24?,28?/m0/s1. The number of benzene rings is 2. The second-order valence-corrected chi connectivity index (χ2v) is 13.2. The topological polar surface area (TPSA) is 108 Å². The number of nitrogens with zero attached hydrogens (tertiary/aromatic N) is 1. The van der Waals surface area contributed by atoms with Crippen LogP contribution in [0.5, 0.6) is 5.75 Å². The number of carbonyl (C=O) groups excluding carboxylic acids is 3. The van der Waals surface area contributed by atoms with Gasteiger partial charge in [-0.05, 0) is 62.6 Å². The molecule has 1 spiro atoms. The largest absolute Gasteiger partial charge is 0.494 e. The first-order chi connectivity index (χ1) is 18.8. The Morgan fingerprint density at radius 2 is 1.90 bits per heavy atom. The van der Waals surface area contributed by atoms with Crippen LogP contribution in [0.2, 0.25) is 5.02 Å². The number of nitrogens with one attached hydrogen (secondary N) is 2. The first kappa shape index (κ1) is 28.3. The average molecular weight is 637 g/mol. The van der Waals surface area contributed by atoms with Crippen LogP contribution in [-0.4, -0.2) is 68.4 Å². The van der Waals surface area contributed by atoms with Crippen molar-refractivity contribution in [2.45, 2.75) is 47.1 Å². The van der Waals surface area contributed by atoms with Crippen molar-refractivity contribution in [1.82, 2.24) is 4.90 Å². The van der Waals surface area contributed by atoms with E-state index in [2.05, 4.69) is 26.6 Å². The molecule has 0 aromatic heterocycles. The van der Waals surface area contributed by atoms with Gasteiger partial charge < -0.3 is 25.4 Å². The molecule has 3 aliphatic rings. The molecule has 3 unspecified atom stereocenters. The first-order valence-corrected chi connectivity index (χ1v) is 15.3. The van der Waals surface area contributed by atoms with Crippen molar-refractivity contribution in [2.24, 2.45) is 11.8 Å². The van der Waals surface area contributed by atoms with E-state index in [1.54, 1.807) is 65.2 Å². The molecule has 6 atom stereocenters. The zero-order chi connectivity index (χ0) is 27.7. The number of para-hydroxylation sites is 1. The number of likely N-dealkylation sites (tertiary alicyclic amines) is 1. The molecule has 3 heterocycles. The molecule has 8 nitrogen and oxygen atoms in total. The van der Waals surface area contributed by atoms with Crippen LogP contribution in [0.25, 0.3) is 0 Å². The lowest BCUT2D eigenvalue weighted by Crippen LogP contribution is -2.52. The lowest BCUT2D eigenvalue weighted by molar-refractivity contribution is -0.138. The van der Waals surface area contributed by atoms with Crippen LogP contribution < -0.4 is 15.4 Å². The average Bonchev–Trinajstić information content (AvgIpc) is 3.50. The van der Waals surface area contributed by atoms with Crippen LogP contribution in [0.15, 0.2) is 48.5 Å². The highest BCUT2D eigenvalue weighted by Crippen LogP contribution is 2.67. The van der Waals surface area contributed by atoms with Gasteiger partial charge in [-0.3, -0.25) is 14.4 Å². The van der Waals surface area contributed by atoms with Gasteiger partial charge in [0.05, 0.1) is 33.9 Å². The highest BCUT2D eigenvalue weighted by Gasteiger charge is 2.75. The number of halogens is 2. The van der Waals surface area contributed by atoms with Gasteiger partial charge in [-0.15, -0.1) is 11.8 Å². The maximum Gasteiger partial charge on any atom is 0.248 e. The molecular formula is C28H31BrClN3O5S. The molecule has 3 N–H and O–H groups in total. The Kier molecular flexibility index (Phi) is 8.47. The number of anilines is 2. The van der Waals surface area contributed by atoms with Crippen molar-refractivity contribution in [3.63, 3.8) is 0 Å². The summed E-state index contributed by atoms with van der Waals surface area (Å²) in [5, 5.41) is 15.5. The fourth-order valence-corrected chi connectivity index (χ4v) is 9.95. The van der Waals surface area contributed by atoms with Crippen LogP contribution in [0, 0.1) is 11.8 Å². The van der Waals surface area contributed by atoms with Gasteiger partial charge in [-0.1, -0.05) is 39.7 Å². The molecule has 3 saturated heterocycles. The second kappa shape index (κ2) is 11.7. The molecule has 5 rings (SSSR count). The molecule has 3 fully saturated rings. The van der Waals surface area contributed by atoms with Crippen molar-refractivity contribution in [1.29, 1.82) is 0 Å². The Hall–Kier alpha value is -2.27. The number of fused-ring (bicyclic) bond motifs is 1. The van der Waals surface area contributed by atoms with Gasteiger partial charge in [0.2, 0.25) is 17.7 Å². The first-order valence-electron chi connectivity index (χ1n) is 13.1. The van der Waals surface area contributed by atoms with Crippen molar-refractivity contribution < 1.29 is 24.2 Å². The van der Waals surface area contributed by atoms with Gasteiger partial charge in [0, 0.05) is 28.9 Å². The number of ether oxygens (including phenoxy) is 1. The normalized spacial score (nSPS) is 28.9. The predicted molar refractivity (Wildman–Crippen MR) is 157 cm³/mol. The summed E-state index contributed by atoms with van der Waals surface area (Å²) >= 11 is 11.7. The fourth-order valence-electron chi connectivity index (χ4n) is 6.15. The summed E-state index contributed by atoms with van der Waals surface area (Å²) in [6, 6.07) is 13.4. The molecule has 39 heavy (non-hydrogen) atoms. The number of carbonyl (C=O) groups is 3. The van der Waals surface area contributed by atoms with E-state index in [4.69, 9.17) is 16.3 Å². The molecule has 2 aromatic carbocycles. The van der Waals surface area contributed by atoms with E-state index in [9.17, 15) is 19.5 Å². The van der Waals surface area contributed by atoms with Gasteiger partial charge in [0.25, 0.3) is 0 Å². The monoisotopic (exact) mass is 635 g/mol. The van der Waals surface area contributed by atoms with Gasteiger partial charge in [0.15, 0.2) is 0 Å². The van der Waals surface area contributed by atoms with Crippen molar-refractivity contribution in [3.05, 3.63) is 53.6 Å². The number of hydrogen-bond donors (Lipinski definition) is 3. The van der Waals surface area contributed by atoms with Crippen molar-refractivity contribution in [2.75, 3.05) is 30.4 Å². The summed E-state index contributed by atoms with van der Waals surface area (Å²) < 4.78 is 4.73. The van der Waals surface area contributed by atoms with E-state index in [1.165, 1.54) is 0 Å². The van der Waals surface area contributed by atoms with Crippen LogP contribution in [0.1, 0.15) is 26.2 Å². The van der Waals surface area contributed by atoms with E-state index < -0.39 is 22.6 Å². The molecule has 3 aliphatic heterocycles. The summed E-state index contributed by atoms with van der Waals surface area (Å²) in [6.45, 7) is 2.78. The molecular weight excluding hydrogens is 606 g/mol. The second-order valence-electron chi connectivity index (χ2n) is 10.0. The Balaban J connectivity index is 1.44. The van der Waals surface area contributed by atoms with E-state index >= 15 is 0 Å². The van der Waals surface area contributed by atoms with E-state index in [-0.39, 0.29) is 34.4 Å². The van der Waals surface area contributed by atoms with Gasteiger partial charge in [0.1, 0.15) is 11.8 Å². The summed E-state index contributed by atoms with van der Waals surface area (Å²) in [5.74, 6) is -1.27. The van der Waals surface area contributed by atoms with E-state index in [1.807, 2.05) is 6.92 Å².